The van der Waals surface area contributed by atoms with Crippen LogP contribution in [0.5, 0.6) is 0 Å². The monoisotopic (exact) mass is 316 g/mol. The zero-order valence-corrected chi connectivity index (χ0v) is 13.2. The van der Waals surface area contributed by atoms with E-state index in [-0.39, 0.29) is 18.4 Å². The van der Waals surface area contributed by atoms with Gasteiger partial charge in [-0.05, 0) is 23.5 Å². The maximum atomic E-state index is 12.1. The number of amides is 3. The van der Waals surface area contributed by atoms with Crippen molar-refractivity contribution in [3.63, 3.8) is 0 Å². The molecule has 0 aliphatic carbocycles. The van der Waals surface area contributed by atoms with Crippen molar-refractivity contribution in [2.45, 2.75) is 44.8 Å². The molecule has 0 saturated carbocycles. The Morgan fingerprint density at radius 1 is 1.17 bits per heavy atom. The summed E-state index contributed by atoms with van der Waals surface area (Å²) in [5.41, 5.74) is 2.14. The average molecular weight is 316 g/mol. The van der Waals surface area contributed by atoms with E-state index >= 15 is 0 Å². The Balaban J connectivity index is 1.72. The molecule has 0 spiro atoms. The van der Waals surface area contributed by atoms with Crippen molar-refractivity contribution in [2.24, 2.45) is 0 Å². The molecule has 6 heteroatoms. The Hall–Kier alpha value is -2.37. The molecule has 122 valence electrons. The first-order chi connectivity index (χ1) is 11.0. The molecule has 2 aliphatic heterocycles. The second-order valence-corrected chi connectivity index (χ2v) is 6.31. The highest BCUT2D eigenvalue weighted by molar-refractivity contribution is 6.01. The zero-order chi connectivity index (χ0) is 16.6. The second-order valence-electron chi connectivity index (χ2n) is 6.31. The normalized spacial score (nSPS) is 24.8. The van der Waals surface area contributed by atoms with Gasteiger partial charge in [0.2, 0.25) is 11.8 Å². The molecule has 1 N–H and O–H groups in total. The molecule has 3 amide bonds. The van der Waals surface area contributed by atoms with Gasteiger partial charge in [0.15, 0.2) is 0 Å². The largest absolute Gasteiger partial charge is 0.439 e. The first kappa shape index (κ1) is 15.5. The van der Waals surface area contributed by atoms with Gasteiger partial charge in [-0.1, -0.05) is 38.1 Å². The molecule has 2 aliphatic rings. The maximum Gasteiger partial charge on any atom is 0.411 e. The molecule has 6 nitrogen and oxygen atoms in total. The lowest BCUT2D eigenvalue weighted by Gasteiger charge is -2.27. The third-order valence-corrected chi connectivity index (χ3v) is 4.40. The standard InChI is InChI=1S/C17H20N2O4/c1-10(2)11-3-5-12(6-4-11)14-9-19(17(22)23-14)13-7-8-15(20)18-16(13)21/h3-6,10,13-14H,7-9H2,1-2H3,(H,18,20,21)/t13?,14-/m0/s1. The lowest BCUT2D eigenvalue weighted by atomic mass is 9.99. The van der Waals surface area contributed by atoms with Crippen molar-refractivity contribution in [3.8, 4) is 0 Å². The van der Waals surface area contributed by atoms with E-state index in [9.17, 15) is 14.4 Å². The summed E-state index contributed by atoms with van der Waals surface area (Å²) < 4.78 is 5.41. The average Bonchev–Trinajstić information content (AvgIpc) is 2.89. The van der Waals surface area contributed by atoms with Crippen LogP contribution in [0.2, 0.25) is 0 Å². The van der Waals surface area contributed by atoms with Crippen LogP contribution in [0.3, 0.4) is 0 Å². The molecule has 1 aromatic rings. The van der Waals surface area contributed by atoms with Gasteiger partial charge in [0, 0.05) is 6.42 Å². The fraction of sp³-hybridized carbons (Fsp3) is 0.471. The number of hydrogen-bond acceptors (Lipinski definition) is 4. The minimum Gasteiger partial charge on any atom is -0.439 e. The summed E-state index contributed by atoms with van der Waals surface area (Å²) in [6, 6.07) is 7.35. The van der Waals surface area contributed by atoms with Gasteiger partial charge in [0.25, 0.3) is 0 Å². The summed E-state index contributed by atoms with van der Waals surface area (Å²) in [4.78, 5) is 36.7. The molecule has 1 unspecified atom stereocenters. The zero-order valence-electron chi connectivity index (χ0n) is 13.2. The number of ether oxygens (including phenoxy) is 1. The van der Waals surface area contributed by atoms with Crippen molar-refractivity contribution in [3.05, 3.63) is 35.4 Å². The molecular formula is C17H20N2O4. The van der Waals surface area contributed by atoms with E-state index in [0.717, 1.165) is 5.56 Å². The Bertz CT molecular complexity index is 638. The molecule has 0 aromatic heterocycles. The lowest BCUT2D eigenvalue weighted by Crippen LogP contribution is -2.52. The Labute approximate surface area is 134 Å². The Kier molecular flexibility index (Phi) is 4.07. The Morgan fingerprint density at radius 3 is 2.48 bits per heavy atom. The number of rotatable bonds is 3. The van der Waals surface area contributed by atoms with Crippen molar-refractivity contribution >= 4 is 17.9 Å². The molecule has 2 saturated heterocycles. The van der Waals surface area contributed by atoms with Crippen LogP contribution in [-0.2, 0) is 14.3 Å². The van der Waals surface area contributed by atoms with Crippen molar-refractivity contribution in [1.29, 1.82) is 0 Å². The first-order valence-electron chi connectivity index (χ1n) is 7.86. The molecular weight excluding hydrogens is 296 g/mol. The van der Waals surface area contributed by atoms with Crippen LogP contribution in [0.15, 0.2) is 24.3 Å². The number of imide groups is 1. The lowest BCUT2D eigenvalue weighted by molar-refractivity contribution is -0.136. The predicted molar refractivity (Wildman–Crippen MR) is 82.6 cm³/mol. The van der Waals surface area contributed by atoms with Gasteiger partial charge in [-0.25, -0.2) is 4.79 Å². The van der Waals surface area contributed by atoms with Crippen LogP contribution in [0.25, 0.3) is 0 Å². The van der Waals surface area contributed by atoms with E-state index in [4.69, 9.17) is 4.74 Å². The number of nitrogens with one attached hydrogen (secondary N) is 1. The number of piperidine rings is 1. The van der Waals surface area contributed by atoms with Crippen molar-refractivity contribution in [2.75, 3.05) is 6.54 Å². The summed E-state index contributed by atoms with van der Waals surface area (Å²) in [6.07, 6.45) is -0.293. The minimum absolute atomic E-state index is 0.244. The van der Waals surface area contributed by atoms with E-state index in [1.165, 1.54) is 10.5 Å². The molecule has 23 heavy (non-hydrogen) atoms. The van der Waals surface area contributed by atoms with E-state index in [0.29, 0.717) is 18.9 Å². The fourth-order valence-corrected chi connectivity index (χ4v) is 2.98. The van der Waals surface area contributed by atoms with Gasteiger partial charge in [0.05, 0.1) is 6.54 Å². The number of hydrogen-bond donors (Lipinski definition) is 1. The van der Waals surface area contributed by atoms with Crippen LogP contribution < -0.4 is 5.32 Å². The summed E-state index contributed by atoms with van der Waals surface area (Å²) in [5, 5.41) is 2.27. The van der Waals surface area contributed by atoms with Gasteiger partial charge in [-0.15, -0.1) is 0 Å². The highest BCUT2D eigenvalue weighted by Gasteiger charge is 2.41. The van der Waals surface area contributed by atoms with Gasteiger partial charge < -0.3 is 4.74 Å². The van der Waals surface area contributed by atoms with Crippen LogP contribution in [0, 0.1) is 0 Å². The van der Waals surface area contributed by atoms with E-state index < -0.39 is 18.0 Å². The number of benzene rings is 1. The third kappa shape index (κ3) is 3.06. The van der Waals surface area contributed by atoms with Crippen LogP contribution >= 0.6 is 0 Å². The van der Waals surface area contributed by atoms with Gasteiger partial charge >= 0.3 is 6.09 Å². The van der Waals surface area contributed by atoms with Crippen LogP contribution in [0.1, 0.15) is 49.8 Å². The summed E-state index contributed by atoms with van der Waals surface area (Å²) in [7, 11) is 0. The van der Waals surface area contributed by atoms with Gasteiger partial charge in [-0.3, -0.25) is 19.8 Å². The van der Waals surface area contributed by atoms with Gasteiger partial charge in [0.1, 0.15) is 12.1 Å². The maximum absolute atomic E-state index is 12.1. The second kappa shape index (κ2) is 6.02. The van der Waals surface area contributed by atoms with Crippen molar-refractivity contribution < 1.29 is 19.1 Å². The molecule has 3 rings (SSSR count). The van der Waals surface area contributed by atoms with E-state index in [2.05, 4.69) is 19.2 Å². The fourth-order valence-electron chi connectivity index (χ4n) is 2.98. The number of carbonyl (C=O) groups is 3. The topological polar surface area (TPSA) is 75.7 Å². The molecule has 2 atom stereocenters. The molecule has 0 bridgehead atoms. The Morgan fingerprint density at radius 2 is 1.87 bits per heavy atom. The summed E-state index contributed by atoms with van der Waals surface area (Å²) >= 11 is 0. The van der Waals surface area contributed by atoms with Gasteiger partial charge in [-0.2, -0.15) is 0 Å². The highest BCUT2D eigenvalue weighted by atomic mass is 16.6. The molecule has 2 fully saturated rings. The smallest absolute Gasteiger partial charge is 0.411 e. The quantitative estimate of drug-likeness (QED) is 0.867. The third-order valence-electron chi connectivity index (χ3n) is 4.40. The molecule has 2 heterocycles. The summed E-state index contributed by atoms with van der Waals surface area (Å²) in [5.74, 6) is -0.274. The molecule has 1 aromatic carbocycles. The predicted octanol–water partition coefficient (Wildman–Crippen LogP) is 2.11. The minimum atomic E-state index is -0.625. The van der Waals surface area contributed by atoms with Crippen molar-refractivity contribution in [1.82, 2.24) is 10.2 Å². The van der Waals surface area contributed by atoms with Crippen LogP contribution in [-0.4, -0.2) is 35.4 Å². The number of carbonyl (C=O) groups excluding carboxylic acids is 3. The first-order valence-corrected chi connectivity index (χ1v) is 7.86. The molecule has 0 radical (unpaired) electrons. The SMILES string of the molecule is CC(C)c1ccc([C@@H]2CN(C3CCC(=O)NC3=O)C(=O)O2)cc1. The van der Waals surface area contributed by atoms with E-state index in [1.807, 2.05) is 24.3 Å². The number of nitrogens with zero attached hydrogens (tertiary/aromatic N) is 1. The van der Waals surface area contributed by atoms with Crippen LogP contribution in [0.4, 0.5) is 4.79 Å². The van der Waals surface area contributed by atoms with E-state index in [1.54, 1.807) is 0 Å². The highest BCUT2D eigenvalue weighted by Crippen LogP contribution is 2.30. The number of cyclic esters (lactones) is 1. The summed E-state index contributed by atoms with van der Waals surface area (Å²) in [6.45, 7) is 4.57.